The summed E-state index contributed by atoms with van der Waals surface area (Å²) in [5.74, 6) is -0.519. The number of fused-ring (bicyclic) bond motifs is 1. The van der Waals surface area contributed by atoms with Gasteiger partial charge in [-0.15, -0.1) is 0 Å². The van der Waals surface area contributed by atoms with E-state index in [0.29, 0.717) is 5.69 Å². The molecule has 1 amide bonds. The lowest BCUT2D eigenvalue weighted by molar-refractivity contribution is -0.119. The van der Waals surface area contributed by atoms with E-state index in [1.54, 1.807) is 6.21 Å². The van der Waals surface area contributed by atoms with Gasteiger partial charge >= 0.3 is 0 Å². The maximum absolute atomic E-state index is 12.4. The van der Waals surface area contributed by atoms with Gasteiger partial charge in [-0.25, -0.2) is 13.8 Å². The third kappa shape index (κ3) is 4.81. The van der Waals surface area contributed by atoms with E-state index in [-0.39, 0.29) is 6.54 Å². The van der Waals surface area contributed by atoms with Crippen molar-refractivity contribution < 1.29 is 13.2 Å². The van der Waals surface area contributed by atoms with Gasteiger partial charge in [-0.2, -0.15) is 5.10 Å². The average molecular weight is 410 g/mol. The lowest BCUT2D eigenvalue weighted by atomic mass is 10.1. The fourth-order valence-corrected chi connectivity index (χ4v) is 4.24. The van der Waals surface area contributed by atoms with Gasteiger partial charge in [-0.1, -0.05) is 60.7 Å². The molecule has 0 bridgehead atoms. The minimum Gasteiger partial charge on any atom is -0.271 e. The van der Waals surface area contributed by atoms with E-state index < -0.39 is 15.9 Å². The van der Waals surface area contributed by atoms with Crippen LogP contribution in [0.1, 0.15) is 16.7 Å². The zero-order valence-corrected chi connectivity index (χ0v) is 17.4. The fraction of sp³-hybridized carbons (Fsp3) is 0.182. The van der Waals surface area contributed by atoms with E-state index in [1.807, 2.05) is 74.5 Å². The molecule has 0 saturated carbocycles. The number of benzene rings is 3. The molecular weight excluding hydrogens is 386 g/mol. The Balaban J connectivity index is 1.78. The second kappa shape index (κ2) is 8.45. The van der Waals surface area contributed by atoms with Crippen LogP contribution < -0.4 is 9.73 Å². The van der Waals surface area contributed by atoms with Crippen molar-refractivity contribution in [3.8, 4) is 0 Å². The minimum atomic E-state index is -3.64. The predicted molar refractivity (Wildman–Crippen MR) is 118 cm³/mol. The first-order valence-corrected chi connectivity index (χ1v) is 11.0. The van der Waals surface area contributed by atoms with Gasteiger partial charge in [-0.3, -0.25) is 9.10 Å². The second-order valence-corrected chi connectivity index (χ2v) is 8.78. The van der Waals surface area contributed by atoms with Crippen molar-refractivity contribution in [3.63, 3.8) is 0 Å². The van der Waals surface area contributed by atoms with Crippen molar-refractivity contribution >= 4 is 38.6 Å². The predicted octanol–water partition coefficient (Wildman–Crippen LogP) is 3.37. The summed E-state index contributed by atoms with van der Waals surface area (Å²) in [6.45, 7) is 3.28. The van der Waals surface area contributed by atoms with E-state index in [1.165, 1.54) is 0 Å². The Kier molecular flexibility index (Phi) is 5.98. The largest absolute Gasteiger partial charge is 0.271 e. The van der Waals surface area contributed by atoms with E-state index in [2.05, 4.69) is 10.5 Å². The van der Waals surface area contributed by atoms with Crippen molar-refractivity contribution in [2.75, 3.05) is 17.1 Å². The maximum Gasteiger partial charge on any atom is 0.260 e. The Morgan fingerprint density at radius 3 is 2.31 bits per heavy atom. The molecule has 0 unspecified atom stereocenters. The van der Waals surface area contributed by atoms with Crippen LogP contribution in [0.2, 0.25) is 0 Å². The first-order valence-electron chi connectivity index (χ1n) is 9.11. The van der Waals surface area contributed by atoms with Gasteiger partial charge in [0.15, 0.2) is 0 Å². The normalized spacial score (nSPS) is 11.7. The highest BCUT2D eigenvalue weighted by Gasteiger charge is 2.23. The van der Waals surface area contributed by atoms with Crippen molar-refractivity contribution in [1.82, 2.24) is 5.43 Å². The smallest absolute Gasteiger partial charge is 0.260 e. The number of hydrogen-bond acceptors (Lipinski definition) is 4. The molecule has 1 N–H and O–H groups in total. The van der Waals surface area contributed by atoms with Crippen LogP contribution in [-0.2, 0) is 14.8 Å². The number of nitrogens with one attached hydrogen (secondary N) is 1. The number of hydrogen-bond donors (Lipinski definition) is 1. The monoisotopic (exact) mass is 409 g/mol. The molecule has 0 saturated heterocycles. The van der Waals surface area contributed by atoms with Crippen LogP contribution >= 0.6 is 0 Å². The number of hydrazone groups is 1. The molecular formula is C22H23N3O3S. The van der Waals surface area contributed by atoms with E-state index >= 15 is 0 Å². The number of nitrogens with zero attached hydrogens (tertiary/aromatic N) is 2. The number of sulfonamides is 1. The van der Waals surface area contributed by atoms with Gasteiger partial charge in [0.1, 0.15) is 6.54 Å². The molecule has 6 nitrogen and oxygen atoms in total. The van der Waals surface area contributed by atoms with Crippen molar-refractivity contribution in [1.29, 1.82) is 0 Å². The number of rotatable bonds is 6. The molecule has 0 aliphatic rings. The van der Waals surface area contributed by atoms with E-state index in [9.17, 15) is 13.2 Å². The lowest BCUT2D eigenvalue weighted by Crippen LogP contribution is -2.39. The molecule has 0 aliphatic carbocycles. The highest BCUT2D eigenvalue weighted by Crippen LogP contribution is 2.26. The Hall–Kier alpha value is -3.19. The number of amides is 1. The third-order valence-electron chi connectivity index (χ3n) is 4.59. The summed E-state index contributed by atoms with van der Waals surface area (Å²) >= 11 is 0. The van der Waals surface area contributed by atoms with E-state index in [0.717, 1.165) is 38.0 Å². The molecule has 7 heteroatoms. The van der Waals surface area contributed by atoms with Crippen LogP contribution in [0, 0.1) is 13.8 Å². The highest BCUT2D eigenvalue weighted by atomic mass is 32.2. The van der Waals surface area contributed by atoms with E-state index in [4.69, 9.17) is 0 Å². The standard InChI is InChI=1S/C22H23N3O3S/c1-16-8-6-9-17(2)22(16)25(29(3,27)28)15-21(26)24-23-14-19-12-7-11-18-10-4-5-13-20(18)19/h4-14H,15H2,1-3H3,(H,24,26)/b23-14-. The summed E-state index contributed by atoms with van der Waals surface area (Å²) < 4.78 is 25.8. The van der Waals surface area contributed by atoms with Gasteiger partial charge in [-0.05, 0) is 35.7 Å². The summed E-state index contributed by atoms with van der Waals surface area (Å²) in [4.78, 5) is 12.4. The van der Waals surface area contributed by atoms with Crippen LogP contribution in [0.15, 0.2) is 65.8 Å². The molecule has 0 spiro atoms. The third-order valence-corrected chi connectivity index (χ3v) is 5.71. The Morgan fingerprint density at radius 2 is 1.62 bits per heavy atom. The summed E-state index contributed by atoms with van der Waals surface area (Å²) in [6, 6.07) is 19.2. The zero-order valence-electron chi connectivity index (χ0n) is 16.6. The van der Waals surface area contributed by atoms with Gasteiger partial charge < -0.3 is 0 Å². The van der Waals surface area contributed by atoms with Crippen molar-refractivity contribution in [2.45, 2.75) is 13.8 Å². The molecule has 3 rings (SSSR count). The van der Waals surface area contributed by atoms with Crippen LogP contribution in [-0.4, -0.2) is 33.3 Å². The lowest BCUT2D eigenvalue weighted by Gasteiger charge is -2.25. The van der Waals surface area contributed by atoms with Crippen LogP contribution in [0.3, 0.4) is 0 Å². The molecule has 0 radical (unpaired) electrons. The summed E-state index contributed by atoms with van der Waals surface area (Å²) in [5.41, 5.74) is 5.37. The number of carbonyl (C=O) groups excluding carboxylic acids is 1. The first-order chi connectivity index (χ1) is 13.8. The maximum atomic E-state index is 12.4. The molecule has 0 aromatic heterocycles. The Labute approximate surface area is 170 Å². The fourth-order valence-electron chi connectivity index (χ4n) is 3.26. The summed E-state index contributed by atoms with van der Waals surface area (Å²) in [5, 5.41) is 6.10. The average Bonchev–Trinajstić information content (AvgIpc) is 2.66. The van der Waals surface area contributed by atoms with Gasteiger partial charge in [0, 0.05) is 5.56 Å². The highest BCUT2D eigenvalue weighted by molar-refractivity contribution is 7.92. The summed E-state index contributed by atoms with van der Waals surface area (Å²) in [7, 11) is -3.64. The molecule has 3 aromatic carbocycles. The Bertz CT molecular complexity index is 1160. The van der Waals surface area contributed by atoms with Gasteiger partial charge in [0.05, 0.1) is 18.2 Å². The number of carbonyl (C=O) groups is 1. The SMILES string of the molecule is Cc1cccc(C)c1N(CC(=O)N/N=C\c1cccc2ccccc12)S(C)(=O)=O. The molecule has 0 heterocycles. The molecule has 150 valence electrons. The van der Waals surface area contributed by atoms with Gasteiger partial charge in [0.2, 0.25) is 10.0 Å². The van der Waals surface area contributed by atoms with Crippen LogP contribution in [0.4, 0.5) is 5.69 Å². The topological polar surface area (TPSA) is 78.8 Å². The molecule has 0 atom stereocenters. The number of anilines is 1. The van der Waals surface area contributed by atoms with Crippen molar-refractivity contribution in [2.24, 2.45) is 5.10 Å². The van der Waals surface area contributed by atoms with Crippen LogP contribution in [0.25, 0.3) is 10.8 Å². The Morgan fingerprint density at radius 1 is 1.00 bits per heavy atom. The molecule has 3 aromatic rings. The zero-order chi connectivity index (χ0) is 21.0. The van der Waals surface area contributed by atoms with Crippen molar-refractivity contribution in [3.05, 3.63) is 77.4 Å². The second-order valence-electron chi connectivity index (χ2n) is 6.87. The molecule has 0 fully saturated rings. The first kappa shape index (κ1) is 20.5. The number of aryl methyl sites for hydroxylation is 2. The van der Waals surface area contributed by atoms with Gasteiger partial charge in [0.25, 0.3) is 5.91 Å². The molecule has 29 heavy (non-hydrogen) atoms. The summed E-state index contributed by atoms with van der Waals surface area (Å²) in [6.07, 6.45) is 2.65. The minimum absolute atomic E-state index is 0.350. The molecule has 0 aliphatic heterocycles. The number of para-hydroxylation sites is 1. The van der Waals surface area contributed by atoms with Crippen LogP contribution in [0.5, 0.6) is 0 Å². The quantitative estimate of drug-likeness (QED) is 0.501.